The standard InChI is InChI=1S/C17H13BrClN3O3/c1-25-17(24)14-15(21)10-4-2-8(18)6-13(10)22(16(14)23)12-5-3-9(20)7-11(12)19/h2-7H,20-21H2,1H3. The number of aromatic nitrogens is 1. The molecule has 0 atom stereocenters. The first-order valence-electron chi connectivity index (χ1n) is 7.12. The van der Waals surface area contributed by atoms with Crippen molar-refractivity contribution in [2.45, 2.75) is 0 Å². The summed E-state index contributed by atoms with van der Waals surface area (Å²) in [6, 6.07) is 9.95. The fraction of sp³-hybridized carbons (Fsp3) is 0.0588. The first kappa shape index (κ1) is 17.3. The molecular weight excluding hydrogens is 410 g/mol. The molecule has 0 spiro atoms. The van der Waals surface area contributed by atoms with E-state index in [1.807, 2.05) is 0 Å². The summed E-state index contributed by atoms with van der Waals surface area (Å²) in [5.74, 6) is -0.812. The first-order chi connectivity index (χ1) is 11.8. The van der Waals surface area contributed by atoms with E-state index in [0.717, 1.165) is 4.47 Å². The molecule has 3 rings (SSSR count). The number of nitrogens with two attached hydrogens (primary N) is 2. The van der Waals surface area contributed by atoms with Gasteiger partial charge in [0, 0.05) is 15.5 Å². The zero-order valence-corrected chi connectivity index (χ0v) is 15.4. The van der Waals surface area contributed by atoms with E-state index in [-0.39, 0.29) is 16.3 Å². The van der Waals surface area contributed by atoms with Crippen LogP contribution in [0.4, 0.5) is 11.4 Å². The minimum atomic E-state index is -0.812. The number of methoxy groups -OCH3 is 1. The number of esters is 1. The molecule has 0 bridgehead atoms. The van der Waals surface area contributed by atoms with E-state index in [4.69, 9.17) is 27.8 Å². The van der Waals surface area contributed by atoms with E-state index in [1.165, 1.54) is 17.7 Å². The van der Waals surface area contributed by atoms with Crippen LogP contribution in [0.2, 0.25) is 5.02 Å². The molecule has 2 aromatic carbocycles. The van der Waals surface area contributed by atoms with Crippen molar-refractivity contribution >= 4 is 55.8 Å². The zero-order valence-electron chi connectivity index (χ0n) is 13.0. The number of carbonyl (C=O) groups excluding carboxylic acids is 1. The number of anilines is 2. The Morgan fingerprint density at radius 1 is 1.20 bits per heavy atom. The quantitative estimate of drug-likeness (QED) is 0.487. The SMILES string of the molecule is COC(=O)c1c(N)c2ccc(Br)cc2n(-c2ccc(N)cc2Cl)c1=O. The van der Waals surface area contributed by atoms with Crippen LogP contribution >= 0.6 is 27.5 Å². The van der Waals surface area contributed by atoms with Crippen LogP contribution in [0.1, 0.15) is 10.4 Å². The molecule has 1 aromatic heterocycles. The van der Waals surface area contributed by atoms with Crippen molar-refractivity contribution in [1.82, 2.24) is 4.57 Å². The van der Waals surface area contributed by atoms with Crippen molar-refractivity contribution in [3.05, 3.63) is 61.8 Å². The summed E-state index contributed by atoms with van der Waals surface area (Å²) in [7, 11) is 1.19. The van der Waals surface area contributed by atoms with Crippen molar-refractivity contribution in [3.8, 4) is 5.69 Å². The van der Waals surface area contributed by atoms with Gasteiger partial charge in [0.25, 0.3) is 5.56 Å². The number of nitrogens with zero attached hydrogens (tertiary/aromatic N) is 1. The highest BCUT2D eigenvalue weighted by molar-refractivity contribution is 9.10. The van der Waals surface area contributed by atoms with Crippen LogP contribution in [0.5, 0.6) is 0 Å². The Morgan fingerprint density at radius 3 is 2.56 bits per heavy atom. The number of halogens is 2. The Morgan fingerprint density at radius 2 is 1.92 bits per heavy atom. The predicted molar refractivity (Wildman–Crippen MR) is 102 cm³/mol. The largest absolute Gasteiger partial charge is 0.465 e. The Hall–Kier alpha value is -2.51. The minimum absolute atomic E-state index is 0.0576. The Balaban J connectivity index is 2.54. The number of carbonyl (C=O) groups is 1. The summed E-state index contributed by atoms with van der Waals surface area (Å²) in [6.45, 7) is 0. The van der Waals surface area contributed by atoms with Gasteiger partial charge in [0.1, 0.15) is 5.56 Å². The molecule has 0 aliphatic carbocycles. The van der Waals surface area contributed by atoms with Gasteiger partial charge >= 0.3 is 5.97 Å². The third-order valence-corrected chi connectivity index (χ3v) is 4.58. The van der Waals surface area contributed by atoms with Gasteiger partial charge in [-0.2, -0.15) is 0 Å². The second-order valence-corrected chi connectivity index (χ2v) is 6.62. The highest BCUT2D eigenvalue weighted by atomic mass is 79.9. The lowest BCUT2D eigenvalue weighted by molar-refractivity contribution is 0.0600. The maximum atomic E-state index is 13.0. The van der Waals surface area contributed by atoms with Crippen LogP contribution in [-0.4, -0.2) is 17.6 Å². The number of ether oxygens (including phenoxy) is 1. The molecule has 1 heterocycles. The van der Waals surface area contributed by atoms with E-state index in [2.05, 4.69) is 15.9 Å². The van der Waals surface area contributed by atoms with Gasteiger partial charge in [-0.1, -0.05) is 27.5 Å². The molecule has 4 N–H and O–H groups in total. The van der Waals surface area contributed by atoms with Gasteiger partial charge in [0.2, 0.25) is 0 Å². The lowest BCUT2D eigenvalue weighted by atomic mass is 10.1. The summed E-state index contributed by atoms with van der Waals surface area (Å²) >= 11 is 9.66. The van der Waals surface area contributed by atoms with Gasteiger partial charge in [-0.05, 0) is 36.4 Å². The summed E-state index contributed by atoms with van der Waals surface area (Å²) < 4.78 is 6.78. The third kappa shape index (κ3) is 2.85. The molecule has 0 amide bonds. The molecule has 6 nitrogen and oxygen atoms in total. The lowest BCUT2D eigenvalue weighted by Gasteiger charge is -2.16. The van der Waals surface area contributed by atoms with Crippen LogP contribution < -0.4 is 17.0 Å². The van der Waals surface area contributed by atoms with E-state index in [9.17, 15) is 9.59 Å². The third-order valence-electron chi connectivity index (χ3n) is 3.78. The van der Waals surface area contributed by atoms with E-state index in [1.54, 1.807) is 30.3 Å². The highest BCUT2D eigenvalue weighted by Gasteiger charge is 2.23. The first-order valence-corrected chi connectivity index (χ1v) is 8.29. The van der Waals surface area contributed by atoms with Gasteiger partial charge < -0.3 is 16.2 Å². The molecular formula is C17H13BrClN3O3. The Labute approximate surface area is 156 Å². The predicted octanol–water partition coefficient (Wildman–Crippen LogP) is 3.36. The van der Waals surface area contributed by atoms with Crippen LogP contribution in [0.15, 0.2) is 45.7 Å². The van der Waals surface area contributed by atoms with Crippen molar-refractivity contribution in [2.75, 3.05) is 18.6 Å². The van der Waals surface area contributed by atoms with E-state index in [0.29, 0.717) is 22.3 Å². The molecule has 8 heteroatoms. The number of hydrogen-bond donors (Lipinski definition) is 2. The molecule has 0 unspecified atom stereocenters. The van der Waals surface area contributed by atoms with Gasteiger partial charge in [-0.25, -0.2) is 4.79 Å². The van der Waals surface area contributed by atoms with Gasteiger partial charge in [-0.15, -0.1) is 0 Å². The van der Waals surface area contributed by atoms with Crippen LogP contribution in [0, 0.1) is 0 Å². The molecule has 0 saturated carbocycles. The smallest absolute Gasteiger partial charge is 0.345 e. The Kier molecular flexibility index (Phi) is 4.45. The van der Waals surface area contributed by atoms with Gasteiger partial charge in [-0.3, -0.25) is 9.36 Å². The molecule has 0 fully saturated rings. The molecule has 0 radical (unpaired) electrons. The second kappa shape index (κ2) is 6.42. The van der Waals surface area contributed by atoms with Crippen molar-refractivity contribution in [1.29, 1.82) is 0 Å². The Bertz CT molecular complexity index is 1080. The van der Waals surface area contributed by atoms with Gasteiger partial charge in [0.15, 0.2) is 0 Å². The molecule has 0 aliphatic heterocycles. The number of hydrogen-bond acceptors (Lipinski definition) is 5. The maximum Gasteiger partial charge on any atom is 0.345 e. The molecule has 0 aliphatic rings. The fourth-order valence-electron chi connectivity index (χ4n) is 2.63. The lowest BCUT2D eigenvalue weighted by Crippen LogP contribution is -2.28. The summed E-state index contributed by atoms with van der Waals surface area (Å²) in [5, 5.41) is 0.792. The molecule has 25 heavy (non-hydrogen) atoms. The highest BCUT2D eigenvalue weighted by Crippen LogP contribution is 2.30. The number of fused-ring (bicyclic) bond motifs is 1. The van der Waals surface area contributed by atoms with Crippen molar-refractivity contribution in [2.24, 2.45) is 0 Å². The summed E-state index contributed by atoms with van der Waals surface area (Å²) in [4.78, 5) is 25.1. The normalized spacial score (nSPS) is 10.8. The molecule has 0 saturated heterocycles. The molecule has 3 aromatic rings. The monoisotopic (exact) mass is 421 g/mol. The van der Waals surface area contributed by atoms with Crippen molar-refractivity contribution in [3.63, 3.8) is 0 Å². The fourth-order valence-corrected chi connectivity index (χ4v) is 3.25. The number of benzene rings is 2. The average molecular weight is 423 g/mol. The van der Waals surface area contributed by atoms with Crippen LogP contribution in [-0.2, 0) is 4.74 Å². The van der Waals surface area contributed by atoms with Gasteiger partial charge in [0.05, 0.1) is 29.0 Å². The van der Waals surface area contributed by atoms with Crippen LogP contribution in [0.3, 0.4) is 0 Å². The maximum absolute atomic E-state index is 13.0. The zero-order chi connectivity index (χ0) is 18.3. The van der Waals surface area contributed by atoms with E-state index < -0.39 is 11.5 Å². The molecule has 128 valence electrons. The minimum Gasteiger partial charge on any atom is -0.465 e. The average Bonchev–Trinajstić information content (AvgIpc) is 2.56. The number of nitrogen functional groups attached to an aromatic ring is 2. The van der Waals surface area contributed by atoms with Crippen LogP contribution in [0.25, 0.3) is 16.6 Å². The van der Waals surface area contributed by atoms with Crippen molar-refractivity contribution < 1.29 is 9.53 Å². The number of pyridine rings is 1. The van der Waals surface area contributed by atoms with E-state index >= 15 is 0 Å². The summed E-state index contributed by atoms with van der Waals surface area (Å²) in [6.07, 6.45) is 0. The second-order valence-electron chi connectivity index (χ2n) is 5.29. The number of rotatable bonds is 2. The summed E-state index contributed by atoms with van der Waals surface area (Å²) in [5.41, 5.74) is 12.3. The topological polar surface area (TPSA) is 100 Å².